The van der Waals surface area contributed by atoms with Crippen LogP contribution in [0.2, 0.25) is 0 Å². The van der Waals surface area contributed by atoms with Crippen LogP contribution in [-0.2, 0) is 19.3 Å². The van der Waals surface area contributed by atoms with Crippen molar-refractivity contribution in [2.24, 2.45) is 0 Å². The first-order valence-electron chi connectivity index (χ1n) is 17.4. The van der Waals surface area contributed by atoms with Gasteiger partial charge in [-0.25, -0.2) is 26.2 Å². The first-order chi connectivity index (χ1) is 25.1. The molecule has 4 aliphatic rings. The van der Waals surface area contributed by atoms with E-state index in [0.29, 0.717) is 56.7 Å². The number of rotatable bonds is 16. The molecular formula is C37H39ClF3N3O7S. The van der Waals surface area contributed by atoms with Gasteiger partial charge in [0.1, 0.15) is 24.5 Å². The molecule has 0 radical (unpaired) electrons. The Bertz CT molecular complexity index is 2000. The van der Waals surface area contributed by atoms with Crippen LogP contribution in [0.1, 0.15) is 70.4 Å². The Balaban J connectivity index is 1.33. The summed E-state index contributed by atoms with van der Waals surface area (Å²) < 4.78 is 89.3. The Morgan fingerprint density at radius 3 is 2.27 bits per heavy atom. The summed E-state index contributed by atoms with van der Waals surface area (Å²) in [5, 5.41) is 14.7. The molecule has 0 bridgehead atoms. The van der Waals surface area contributed by atoms with Crippen molar-refractivity contribution < 1.29 is 50.3 Å². The van der Waals surface area contributed by atoms with E-state index in [-0.39, 0.29) is 46.3 Å². The Morgan fingerprint density at radius 2 is 1.62 bits per heavy atom. The van der Waals surface area contributed by atoms with Crippen molar-refractivity contribution in [3.05, 3.63) is 86.6 Å². The maximum atomic E-state index is 16.7. The van der Waals surface area contributed by atoms with Crippen LogP contribution in [-0.4, -0.2) is 95.6 Å². The Morgan fingerprint density at radius 1 is 0.904 bits per heavy atom. The average Bonchev–Trinajstić information content (AvgIpc) is 3.06. The van der Waals surface area contributed by atoms with Crippen molar-refractivity contribution >= 4 is 50.3 Å². The molecule has 6 rings (SSSR count). The molecule has 0 unspecified atom stereocenters. The van der Waals surface area contributed by atoms with Crippen LogP contribution in [0.15, 0.2) is 51.8 Å². The minimum atomic E-state index is -4.28. The number of anilines is 1. The van der Waals surface area contributed by atoms with Crippen LogP contribution >= 0.6 is 11.6 Å². The summed E-state index contributed by atoms with van der Waals surface area (Å²) in [7, 11) is -4.28. The molecular weight excluding hydrogens is 723 g/mol. The molecule has 0 aromatic heterocycles. The van der Waals surface area contributed by atoms with Gasteiger partial charge >= 0.3 is 0 Å². The van der Waals surface area contributed by atoms with Crippen molar-refractivity contribution in [2.45, 2.75) is 43.4 Å². The number of carboxylic acids is 1. The quantitative estimate of drug-likeness (QED) is 0.117. The first-order valence-corrected chi connectivity index (χ1v) is 19.4. The molecule has 2 saturated heterocycles. The lowest BCUT2D eigenvalue weighted by Crippen LogP contribution is -2.37. The molecule has 0 spiro atoms. The van der Waals surface area contributed by atoms with E-state index in [1.54, 1.807) is 12.1 Å². The summed E-state index contributed by atoms with van der Waals surface area (Å²) in [6.07, 6.45) is 10.1. The van der Waals surface area contributed by atoms with E-state index in [1.165, 1.54) is 24.3 Å². The second-order valence-electron chi connectivity index (χ2n) is 12.9. The van der Waals surface area contributed by atoms with Crippen LogP contribution in [0.3, 0.4) is 0 Å². The van der Waals surface area contributed by atoms with E-state index in [1.807, 2.05) is 9.48 Å². The van der Waals surface area contributed by atoms with Crippen LogP contribution in [0.5, 0.6) is 0 Å². The number of allylic oxidation sites excluding steroid dienone is 4. The fourth-order valence-electron chi connectivity index (χ4n) is 6.54. The predicted molar refractivity (Wildman–Crippen MR) is 187 cm³/mol. The van der Waals surface area contributed by atoms with E-state index in [4.69, 9.17) is 21.1 Å². The number of nitrogens with zero attached hydrogens (tertiary/aromatic N) is 2. The second-order valence-corrected chi connectivity index (χ2v) is 15.1. The number of aromatic carboxylic acids is 1. The van der Waals surface area contributed by atoms with Crippen molar-refractivity contribution in [1.29, 1.82) is 0 Å². The van der Waals surface area contributed by atoms with E-state index < -0.39 is 55.9 Å². The van der Waals surface area contributed by atoms with Gasteiger partial charge in [-0.05, 0) is 37.5 Å². The number of alkyl halides is 1. The lowest BCUT2D eigenvalue weighted by atomic mass is 9.85. The number of amides is 1. The molecule has 1 aliphatic carbocycles. The van der Waals surface area contributed by atoms with Crippen LogP contribution in [0.25, 0.3) is 5.57 Å². The molecule has 0 saturated carbocycles. The highest BCUT2D eigenvalue weighted by molar-refractivity contribution is 7.95. The van der Waals surface area contributed by atoms with Crippen molar-refractivity contribution in [1.82, 2.24) is 5.32 Å². The molecule has 2 aromatic rings. The topological polar surface area (TPSA) is 128 Å². The highest BCUT2D eigenvalue weighted by Gasteiger charge is 2.41. The zero-order valence-corrected chi connectivity index (χ0v) is 30.0. The molecule has 1 amide bonds. The number of hydrogen-bond donors (Lipinski definition) is 1. The number of nitrogens with one attached hydrogen (secondary N) is 1. The standard InChI is InChI=1S/C37H39ClF3N3O7S/c38-11-3-1-2-4-17-50-19-20-51-18-12-42-36(45)32-33(39)30(31(37(46)47)34(40)35(32)41)29-25-9-7-23(43-13-5-14-43)21-27(25)52(48,49)28-22-24(8-10-26(28)29)44-15-6-16-44/h7-10,21-22H,1-6,11-20H2,(H-,42,45,46,47). The number of sulfone groups is 1. The summed E-state index contributed by atoms with van der Waals surface area (Å²) in [6, 6.07) is 4.41. The van der Waals surface area contributed by atoms with Crippen molar-refractivity contribution in [3.8, 4) is 0 Å². The molecule has 15 heteroatoms. The molecule has 0 atom stereocenters. The maximum Gasteiger partial charge on any atom is 0.257 e. The molecule has 3 heterocycles. The van der Waals surface area contributed by atoms with Gasteiger partial charge < -0.3 is 29.6 Å². The lowest BCUT2D eigenvalue weighted by Gasteiger charge is -2.35. The molecule has 278 valence electrons. The van der Waals surface area contributed by atoms with E-state index in [0.717, 1.165) is 38.5 Å². The van der Waals surface area contributed by atoms with Crippen LogP contribution in [0.4, 0.5) is 18.9 Å². The Labute approximate surface area is 305 Å². The number of halogens is 4. The van der Waals surface area contributed by atoms with E-state index >= 15 is 13.2 Å². The third-order valence-corrected chi connectivity index (χ3v) is 11.7. The molecule has 2 aromatic carbocycles. The van der Waals surface area contributed by atoms with Gasteiger partial charge in [-0.3, -0.25) is 4.79 Å². The minimum absolute atomic E-state index is 0.0603. The number of unbranched alkanes of at least 4 members (excludes halogenated alkanes) is 3. The van der Waals surface area contributed by atoms with Gasteiger partial charge in [0.15, 0.2) is 11.6 Å². The number of benzene rings is 2. The summed E-state index contributed by atoms with van der Waals surface area (Å²) >= 11 is 5.66. The Kier molecular flexibility index (Phi) is 11.9. The fraction of sp³-hybridized carbons (Fsp3) is 0.432. The number of carbonyl (C=O) groups is 2. The lowest BCUT2D eigenvalue weighted by molar-refractivity contribution is -0.582. The second kappa shape index (κ2) is 16.4. The molecule has 3 aliphatic heterocycles. The van der Waals surface area contributed by atoms with Gasteiger partial charge in [0.2, 0.25) is 15.5 Å². The number of carboxylic acid groups (broad SMARTS) is 1. The van der Waals surface area contributed by atoms with Gasteiger partial charge in [-0.1, -0.05) is 18.9 Å². The van der Waals surface area contributed by atoms with E-state index in [9.17, 15) is 23.1 Å². The number of carbonyl (C=O) groups excluding carboxylic acids is 2. The highest BCUT2D eigenvalue weighted by atomic mass is 35.5. The van der Waals surface area contributed by atoms with Gasteiger partial charge in [0, 0.05) is 77.8 Å². The summed E-state index contributed by atoms with van der Waals surface area (Å²) in [6.45, 7) is 3.51. The predicted octanol–water partition coefficient (Wildman–Crippen LogP) is 4.14. The zero-order chi connectivity index (χ0) is 37.0. The third kappa shape index (κ3) is 7.43. The summed E-state index contributed by atoms with van der Waals surface area (Å²) in [4.78, 5) is 27.1. The van der Waals surface area contributed by atoms with Gasteiger partial charge in [0.05, 0.1) is 42.0 Å². The van der Waals surface area contributed by atoms with Crippen LogP contribution in [0, 0.1) is 17.5 Å². The summed E-state index contributed by atoms with van der Waals surface area (Å²) in [5.74, 6) is -8.70. The van der Waals surface area contributed by atoms with E-state index in [2.05, 4.69) is 5.32 Å². The fourth-order valence-corrected chi connectivity index (χ4v) is 8.44. The first kappa shape index (κ1) is 37.8. The third-order valence-electron chi connectivity index (χ3n) is 9.57. The molecule has 1 N–H and O–H groups in total. The minimum Gasteiger partial charge on any atom is -0.545 e. The largest absolute Gasteiger partial charge is 0.545 e. The summed E-state index contributed by atoms with van der Waals surface area (Å²) in [5.41, 5.74) is -3.26. The number of fused-ring (bicyclic) bond motifs is 2. The van der Waals surface area contributed by atoms with Crippen LogP contribution < -0.4 is 15.3 Å². The van der Waals surface area contributed by atoms with Gasteiger partial charge in [-0.2, -0.15) is 0 Å². The number of hydrogen-bond acceptors (Lipinski definition) is 8. The smallest absolute Gasteiger partial charge is 0.257 e. The molecule has 10 nitrogen and oxygen atoms in total. The number of ether oxygens (including phenoxy) is 2. The monoisotopic (exact) mass is 761 g/mol. The maximum absolute atomic E-state index is 16.7. The zero-order valence-electron chi connectivity index (χ0n) is 28.5. The van der Waals surface area contributed by atoms with Gasteiger partial charge in [0.25, 0.3) is 5.91 Å². The average molecular weight is 762 g/mol. The highest BCUT2D eigenvalue weighted by Crippen LogP contribution is 2.48. The van der Waals surface area contributed by atoms with Crippen molar-refractivity contribution in [3.63, 3.8) is 0 Å². The SMILES string of the molecule is O=C(NCCOCCOCCCCCCCl)c1c(F)c(F)c(C(=O)[O-])c(C2=C3C=CC(=[N+]4CCC4)C=C3S(=O)(=O)c3cc(N4CCC4)ccc32)c1F. The van der Waals surface area contributed by atoms with Gasteiger partial charge in [-0.15, -0.1) is 11.6 Å². The Hall–Kier alpha value is -3.98. The molecule has 52 heavy (non-hydrogen) atoms. The normalized spacial score (nSPS) is 17.3. The molecule has 2 fully saturated rings. The van der Waals surface area contributed by atoms with Crippen molar-refractivity contribution in [2.75, 3.05) is 69.9 Å².